The maximum atomic E-state index is 11.0. The van der Waals surface area contributed by atoms with Crippen LogP contribution in [0.3, 0.4) is 0 Å². The molecule has 1 aliphatic carbocycles. The topological polar surface area (TPSA) is 88.3 Å². The highest BCUT2D eigenvalue weighted by Crippen LogP contribution is 2.40. The summed E-state index contributed by atoms with van der Waals surface area (Å²) < 4.78 is 0. The van der Waals surface area contributed by atoms with E-state index in [-0.39, 0.29) is 16.9 Å². The number of aryl methyl sites for hydroxylation is 1. The van der Waals surface area contributed by atoms with Crippen LogP contribution in [0.2, 0.25) is 0 Å². The Kier molecular flexibility index (Phi) is 4.18. The van der Waals surface area contributed by atoms with Crippen LogP contribution in [0.25, 0.3) is 0 Å². The largest absolute Gasteiger partial charge is 0.388 e. The number of nitro groups is 1. The van der Waals surface area contributed by atoms with Crippen molar-refractivity contribution in [3.63, 3.8) is 0 Å². The molecular formula is C15H23N3O3. The van der Waals surface area contributed by atoms with Crippen molar-refractivity contribution in [2.75, 3.05) is 11.9 Å². The zero-order chi connectivity index (χ0) is 15.7. The standard InChI is InChI=1S/C15H23N3O3/c1-11-4-5-12(18(20)21)13(17-11)16-10-15(19)8-6-14(2,3)7-9-15/h4-5,19H,6-10H2,1-3H3,(H,16,17). The average Bonchev–Trinajstić information content (AvgIpc) is 2.40. The van der Waals surface area contributed by atoms with Gasteiger partial charge in [0.25, 0.3) is 0 Å². The van der Waals surface area contributed by atoms with Gasteiger partial charge in [-0.2, -0.15) is 0 Å². The first-order chi connectivity index (χ1) is 9.71. The van der Waals surface area contributed by atoms with Crippen molar-refractivity contribution < 1.29 is 10.0 Å². The molecule has 0 spiro atoms. The van der Waals surface area contributed by atoms with E-state index < -0.39 is 10.5 Å². The van der Waals surface area contributed by atoms with E-state index in [2.05, 4.69) is 24.1 Å². The molecule has 21 heavy (non-hydrogen) atoms. The Morgan fingerprint density at radius 1 is 1.33 bits per heavy atom. The Morgan fingerprint density at radius 3 is 2.52 bits per heavy atom. The van der Waals surface area contributed by atoms with Crippen LogP contribution in [0.1, 0.15) is 45.2 Å². The first kappa shape index (κ1) is 15.7. The molecule has 6 nitrogen and oxygen atoms in total. The van der Waals surface area contributed by atoms with Gasteiger partial charge in [0.1, 0.15) is 0 Å². The second-order valence-corrected chi connectivity index (χ2v) is 6.82. The summed E-state index contributed by atoms with van der Waals surface area (Å²) in [5.41, 5.74) is 0.106. The van der Waals surface area contributed by atoms with Gasteiger partial charge in [-0.15, -0.1) is 0 Å². The van der Waals surface area contributed by atoms with Crippen LogP contribution in [0.5, 0.6) is 0 Å². The molecule has 1 aromatic rings. The molecule has 0 unspecified atom stereocenters. The highest BCUT2D eigenvalue weighted by Gasteiger charge is 2.36. The summed E-state index contributed by atoms with van der Waals surface area (Å²) in [6.07, 6.45) is 3.31. The van der Waals surface area contributed by atoms with E-state index >= 15 is 0 Å². The van der Waals surface area contributed by atoms with E-state index in [0.717, 1.165) is 12.8 Å². The molecule has 1 heterocycles. The lowest BCUT2D eigenvalue weighted by molar-refractivity contribution is -0.384. The van der Waals surface area contributed by atoms with Gasteiger partial charge in [0.2, 0.25) is 5.82 Å². The molecule has 1 aliphatic rings. The van der Waals surface area contributed by atoms with Crippen LogP contribution in [0.4, 0.5) is 11.5 Å². The number of anilines is 1. The van der Waals surface area contributed by atoms with E-state index in [4.69, 9.17) is 0 Å². The third kappa shape index (κ3) is 3.91. The predicted octanol–water partition coefficient (Wildman–Crippen LogP) is 3.04. The van der Waals surface area contributed by atoms with Gasteiger partial charge < -0.3 is 10.4 Å². The zero-order valence-corrected chi connectivity index (χ0v) is 12.8. The Balaban J connectivity index is 2.06. The average molecular weight is 293 g/mol. The number of hydrogen-bond acceptors (Lipinski definition) is 5. The molecule has 116 valence electrons. The van der Waals surface area contributed by atoms with Gasteiger partial charge in [0.15, 0.2) is 0 Å². The summed E-state index contributed by atoms with van der Waals surface area (Å²) in [5, 5.41) is 24.6. The number of hydrogen-bond donors (Lipinski definition) is 2. The summed E-state index contributed by atoms with van der Waals surface area (Å²) in [6, 6.07) is 3.06. The third-order valence-electron chi connectivity index (χ3n) is 4.33. The Bertz CT molecular complexity index is 533. The van der Waals surface area contributed by atoms with E-state index in [9.17, 15) is 15.2 Å². The van der Waals surface area contributed by atoms with Crippen LogP contribution in [-0.2, 0) is 0 Å². The lowest BCUT2D eigenvalue weighted by Crippen LogP contribution is -2.42. The van der Waals surface area contributed by atoms with Gasteiger partial charge in [-0.3, -0.25) is 10.1 Å². The molecule has 0 atom stereocenters. The summed E-state index contributed by atoms with van der Waals surface area (Å²) in [4.78, 5) is 14.7. The minimum Gasteiger partial charge on any atom is -0.388 e. The monoisotopic (exact) mass is 293 g/mol. The molecule has 1 saturated carbocycles. The summed E-state index contributed by atoms with van der Waals surface area (Å²) >= 11 is 0. The van der Waals surface area contributed by atoms with Gasteiger partial charge in [-0.1, -0.05) is 13.8 Å². The van der Waals surface area contributed by atoms with E-state index in [1.54, 1.807) is 13.0 Å². The van der Waals surface area contributed by atoms with Gasteiger partial charge in [0, 0.05) is 18.3 Å². The lowest BCUT2D eigenvalue weighted by atomic mass is 9.71. The lowest BCUT2D eigenvalue weighted by Gasteiger charge is -2.40. The fraction of sp³-hybridized carbons (Fsp3) is 0.667. The summed E-state index contributed by atoms with van der Waals surface area (Å²) in [6.45, 7) is 6.48. The van der Waals surface area contributed by atoms with Crippen LogP contribution < -0.4 is 5.32 Å². The molecular weight excluding hydrogens is 270 g/mol. The van der Waals surface area contributed by atoms with E-state index in [1.807, 2.05) is 0 Å². The molecule has 0 aromatic carbocycles. The first-order valence-corrected chi connectivity index (χ1v) is 7.29. The highest BCUT2D eigenvalue weighted by molar-refractivity contribution is 5.56. The van der Waals surface area contributed by atoms with Gasteiger partial charge in [0.05, 0.1) is 10.5 Å². The quantitative estimate of drug-likeness (QED) is 0.658. The SMILES string of the molecule is Cc1ccc([N+](=O)[O-])c(NCC2(O)CCC(C)(C)CC2)n1. The second kappa shape index (κ2) is 5.60. The zero-order valence-electron chi connectivity index (χ0n) is 12.8. The van der Waals surface area contributed by atoms with Crippen LogP contribution in [0.15, 0.2) is 12.1 Å². The van der Waals surface area contributed by atoms with Crippen molar-refractivity contribution in [3.8, 4) is 0 Å². The number of pyridine rings is 1. The van der Waals surface area contributed by atoms with E-state index in [1.165, 1.54) is 6.07 Å². The number of aromatic nitrogens is 1. The molecule has 0 radical (unpaired) electrons. The molecule has 0 amide bonds. The maximum Gasteiger partial charge on any atom is 0.311 e. The van der Waals surface area contributed by atoms with Crippen LogP contribution in [-0.4, -0.2) is 27.2 Å². The van der Waals surface area contributed by atoms with Crippen molar-refractivity contribution in [1.82, 2.24) is 4.98 Å². The summed E-state index contributed by atoms with van der Waals surface area (Å²) in [7, 11) is 0. The van der Waals surface area contributed by atoms with Gasteiger partial charge in [-0.25, -0.2) is 4.98 Å². The third-order valence-corrected chi connectivity index (χ3v) is 4.33. The molecule has 0 aliphatic heterocycles. The van der Waals surface area contributed by atoms with E-state index in [0.29, 0.717) is 25.1 Å². The second-order valence-electron chi connectivity index (χ2n) is 6.82. The Hall–Kier alpha value is -1.69. The van der Waals surface area contributed by atoms with Gasteiger partial charge in [-0.05, 0) is 44.1 Å². The highest BCUT2D eigenvalue weighted by atomic mass is 16.6. The molecule has 0 saturated heterocycles. The van der Waals surface area contributed by atoms with Crippen molar-refractivity contribution in [1.29, 1.82) is 0 Å². The number of aliphatic hydroxyl groups is 1. The predicted molar refractivity (Wildman–Crippen MR) is 81.3 cm³/mol. The molecule has 2 N–H and O–H groups in total. The van der Waals surface area contributed by atoms with Crippen molar-refractivity contribution in [3.05, 3.63) is 27.9 Å². The smallest absolute Gasteiger partial charge is 0.311 e. The normalized spacial score (nSPS) is 20.0. The molecule has 1 aromatic heterocycles. The molecule has 2 rings (SSSR count). The fourth-order valence-electron chi connectivity index (χ4n) is 2.64. The molecule has 1 fully saturated rings. The first-order valence-electron chi connectivity index (χ1n) is 7.29. The molecule has 0 bridgehead atoms. The number of nitrogens with zero attached hydrogens (tertiary/aromatic N) is 2. The summed E-state index contributed by atoms with van der Waals surface area (Å²) in [5.74, 6) is 0.234. The number of nitrogens with one attached hydrogen (secondary N) is 1. The Labute approximate surface area is 124 Å². The maximum absolute atomic E-state index is 11.0. The van der Waals surface area contributed by atoms with Crippen molar-refractivity contribution in [2.45, 2.75) is 52.1 Å². The molecule has 6 heteroatoms. The van der Waals surface area contributed by atoms with Crippen molar-refractivity contribution >= 4 is 11.5 Å². The Morgan fingerprint density at radius 2 is 1.95 bits per heavy atom. The van der Waals surface area contributed by atoms with Crippen molar-refractivity contribution in [2.24, 2.45) is 5.41 Å². The fourth-order valence-corrected chi connectivity index (χ4v) is 2.64. The minimum atomic E-state index is -0.811. The van der Waals surface area contributed by atoms with Crippen LogP contribution in [0, 0.1) is 22.5 Å². The number of rotatable bonds is 4. The minimum absolute atomic E-state index is 0.0552. The van der Waals surface area contributed by atoms with Crippen LogP contribution >= 0.6 is 0 Å². The van der Waals surface area contributed by atoms with Gasteiger partial charge >= 0.3 is 5.69 Å².